The number of rotatable bonds is 8. The number of aryl methyl sites for hydroxylation is 2. The van der Waals surface area contributed by atoms with Gasteiger partial charge in [-0.15, -0.1) is 24.0 Å². The van der Waals surface area contributed by atoms with Crippen LogP contribution in [0.25, 0.3) is 11.0 Å². The van der Waals surface area contributed by atoms with Crippen molar-refractivity contribution in [2.24, 2.45) is 4.99 Å². The second-order valence-corrected chi connectivity index (χ2v) is 6.76. The van der Waals surface area contributed by atoms with E-state index in [-0.39, 0.29) is 24.0 Å². The number of hydrogen-bond donors (Lipinski definition) is 3. The average molecular weight is 507 g/mol. The van der Waals surface area contributed by atoms with Crippen LogP contribution in [0.5, 0.6) is 5.75 Å². The quantitative estimate of drug-likeness (QED) is 0.188. The van der Waals surface area contributed by atoms with Crippen LogP contribution in [0.1, 0.15) is 24.7 Å². The number of guanidine groups is 1. The monoisotopic (exact) mass is 507 g/mol. The molecule has 0 bridgehead atoms. The number of halogens is 1. The second kappa shape index (κ2) is 11.6. The Bertz CT molecular complexity index is 938. The lowest BCUT2D eigenvalue weighted by Gasteiger charge is -2.12. The van der Waals surface area contributed by atoms with Crippen LogP contribution in [0.15, 0.2) is 53.5 Å². The predicted octanol–water partition coefficient (Wildman–Crippen LogP) is 3.86. The molecule has 0 unspecified atom stereocenters. The van der Waals surface area contributed by atoms with Crippen molar-refractivity contribution in [1.82, 2.24) is 20.2 Å². The summed E-state index contributed by atoms with van der Waals surface area (Å²) in [5, 5.41) is 16.2. The van der Waals surface area contributed by atoms with E-state index in [1.807, 2.05) is 18.2 Å². The maximum Gasteiger partial charge on any atom is 0.191 e. The van der Waals surface area contributed by atoms with Crippen LogP contribution >= 0.6 is 24.0 Å². The van der Waals surface area contributed by atoms with Crippen LogP contribution in [0, 0.1) is 6.92 Å². The molecule has 1 aromatic heterocycles. The smallest absolute Gasteiger partial charge is 0.191 e. The summed E-state index contributed by atoms with van der Waals surface area (Å²) in [5.41, 5.74) is 3.33. The number of hydrogen-bond acceptors (Lipinski definition) is 3. The third kappa shape index (κ3) is 6.62. The standard InChI is InChI=1S/C22H29N5O.HI/c1-3-23-22(25-14-12-18-8-6-9-19(28)16-18)24-13-7-15-27-17(2)26-20-10-4-5-11-21(20)27;/h4-6,8-11,16,28H,3,7,12-15H2,1-2H3,(H2,23,24,25);1H. The lowest BCUT2D eigenvalue weighted by atomic mass is 10.1. The van der Waals surface area contributed by atoms with Gasteiger partial charge in [0, 0.05) is 26.2 Å². The highest BCUT2D eigenvalue weighted by atomic mass is 127. The van der Waals surface area contributed by atoms with Gasteiger partial charge in [0.15, 0.2) is 5.96 Å². The minimum atomic E-state index is 0. The maximum absolute atomic E-state index is 9.55. The molecule has 7 heteroatoms. The molecule has 3 aromatic rings. The zero-order chi connectivity index (χ0) is 19.8. The molecule has 3 rings (SSSR count). The van der Waals surface area contributed by atoms with E-state index in [1.165, 1.54) is 5.52 Å². The summed E-state index contributed by atoms with van der Waals surface area (Å²) >= 11 is 0. The van der Waals surface area contributed by atoms with Crippen molar-refractivity contribution in [2.45, 2.75) is 33.2 Å². The first-order valence-corrected chi connectivity index (χ1v) is 9.89. The normalized spacial score (nSPS) is 11.3. The zero-order valence-corrected chi connectivity index (χ0v) is 19.4. The number of fused-ring (bicyclic) bond motifs is 1. The summed E-state index contributed by atoms with van der Waals surface area (Å²) in [5.74, 6) is 2.18. The maximum atomic E-state index is 9.55. The molecule has 0 saturated carbocycles. The second-order valence-electron chi connectivity index (χ2n) is 6.76. The zero-order valence-electron chi connectivity index (χ0n) is 17.1. The van der Waals surface area contributed by atoms with E-state index in [2.05, 4.69) is 57.2 Å². The minimum Gasteiger partial charge on any atom is -0.508 e. The number of aliphatic imine (C=N–C) groups is 1. The van der Waals surface area contributed by atoms with Gasteiger partial charge in [-0.3, -0.25) is 4.99 Å². The van der Waals surface area contributed by atoms with E-state index < -0.39 is 0 Å². The van der Waals surface area contributed by atoms with E-state index >= 15 is 0 Å². The number of benzene rings is 2. The predicted molar refractivity (Wildman–Crippen MR) is 130 cm³/mol. The Labute approximate surface area is 189 Å². The van der Waals surface area contributed by atoms with Crippen molar-refractivity contribution in [3.8, 4) is 5.75 Å². The van der Waals surface area contributed by atoms with Gasteiger partial charge in [0.25, 0.3) is 0 Å². The number of nitrogens with zero attached hydrogens (tertiary/aromatic N) is 3. The first-order chi connectivity index (χ1) is 13.7. The number of aromatic nitrogens is 2. The Kier molecular flexibility index (Phi) is 9.24. The summed E-state index contributed by atoms with van der Waals surface area (Å²) in [6.07, 6.45) is 1.78. The van der Waals surface area contributed by atoms with Gasteiger partial charge in [-0.1, -0.05) is 24.3 Å². The fraction of sp³-hybridized carbons (Fsp3) is 0.364. The molecule has 0 aliphatic heterocycles. The van der Waals surface area contributed by atoms with E-state index in [4.69, 9.17) is 0 Å². The molecule has 0 aliphatic carbocycles. The third-order valence-electron chi connectivity index (χ3n) is 4.62. The van der Waals surface area contributed by atoms with Crippen LogP contribution in [0.4, 0.5) is 0 Å². The average Bonchev–Trinajstić information content (AvgIpc) is 3.00. The summed E-state index contributed by atoms with van der Waals surface area (Å²) in [7, 11) is 0. The fourth-order valence-corrected chi connectivity index (χ4v) is 3.28. The molecule has 29 heavy (non-hydrogen) atoms. The number of phenols is 1. The van der Waals surface area contributed by atoms with Gasteiger partial charge in [0.05, 0.1) is 11.0 Å². The highest BCUT2D eigenvalue weighted by Crippen LogP contribution is 2.15. The van der Waals surface area contributed by atoms with E-state index in [1.54, 1.807) is 12.1 Å². The number of nitrogens with one attached hydrogen (secondary N) is 2. The molecule has 156 valence electrons. The Morgan fingerprint density at radius 1 is 1.14 bits per heavy atom. The molecule has 1 heterocycles. The van der Waals surface area contributed by atoms with Crippen LogP contribution in [-0.2, 0) is 13.0 Å². The number of para-hydroxylation sites is 2. The van der Waals surface area contributed by atoms with Crippen molar-refractivity contribution in [2.75, 3.05) is 19.6 Å². The Morgan fingerprint density at radius 2 is 1.97 bits per heavy atom. The van der Waals surface area contributed by atoms with Gasteiger partial charge in [-0.2, -0.15) is 0 Å². The molecular weight excluding hydrogens is 477 g/mol. The Morgan fingerprint density at radius 3 is 2.76 bits per heavy atom. The molecule has 0 aliphatic rings. The third-order valence-corrected chi connectivity index (χ3v) is 4.62. The number of phenolic OH excluding ortho intramolecular Hbond substituents is 1. The van der Waals surface area contributed by atoms with Crippen LogP contribution < -0.4 is 10.6 Å². The lowest BCUT2D eigenvalue weighted by molar-refractivity contribution is 0.474. The van der Waals surface area contributed by atoms with Crippen LogP contribution in [0.2, 0.25) is 0 Å². The van der Waals surface area contributed by atoms with E-state index in [9.17, 15) is 5.11 Å². The highest BCUT2D eigenvalue weighted by molar-refractivity contribution is 14.0. The number of imidazole rings is 1. The van der Waals surface area contributed by atoms with Gasteiger partial charge in [0.2, 0.25) is 0 Å². The minimum absolute atomic E-state index is 0. The Balaban J connectivity index is 0.00000300. The summed E-state index contributed by atoms with van der Waals surface area (Å²) in [4.78, 5) is 9.30. The topological polar surface area (TPSA) is 74.5 Å². The van der Waals surface area contributed by atoms with Gasteiger partial charge in [-0.25, -0.2) is 4.98 Å². The van der Waals surface area contributed by atoms with Crippen molar-refractivity contribution >= 4 is 41.0 Å². The molecule has 0 spiro atoms. The first-order valence-electron chi connectivity index (χ1n) is 9.89. The summed E-state index contributed by atoms with van der Waals surface area (Å²) < 4.78 is 2.26. The molecule has 0 atom stereocenters. The highest BCUT2D eigenvalue weighted by Gasteiger charge is 2.06. The van der Waals surface area contributed by atoms with E-state index in [0.29, 0.717) is 5.75 Å². The van der Waals surface area contributed by atoms with Crippen molar-refractivity contribution in [3.63, 3.8) is 0 Å². The van der Waals surface area contributed by atoms with Gasteiger partial charge in [-0.05, 0) is 56.5 Å². The van der Waals surface area contributed by atoms with Crippen molar-refractivity contribution in [3.05, 3.63) is 59.9 Å². The van der Waals surface area contributed by atoms with Gasteiger partial charge < -0.3 is 20.3 Å². The van der Waals surface area contributed by atoms with Crippen molar-refractivity contribution in [1.29, 1.82) is 0 Å². The van der Waals surface area contributed by atoms with Gasteiger partial charge in [0.1, 0.15) is 11.6 Å². The first kappa shape index (κ1) is 23.0. The molecule has 0 radical (unpaired) electrons. The number of aromatic hydroxyl groups is 1. The molecular formula is C22H30IN5O. The van der Waals surface area contributed by atoms with Gasteiger partial charge >= 0.3 is 0 Å². The lowest BCUT2D eigenvalue weighted by Crippen LogP contribution is -2.38. The Hall–Kier alpha value is -2.29. The molecule has 3 N–H and O–H groups in total. The summed E-state index contributed by atoms with van der Waals surface area (Å²) in [6.45, 7) is 7.35. The molecule has 6 nitrogen and oxygen atoms in total. The molecule has 0 amide bonds. The molecule has 0 saturated heterocycles. The molecule has 2 aromatic carbocycles. The fourth-order valence-electron chi connectivity index (χ4n) is 3.28. The van der Waals surface area contributed by atoms with Crippen LogP contribution in [-0.4, -0.2) is 40.3 Å². The summed E-state index contributed by atoms with van der Waals surface area (Å²) in [6, 6.07) is 15.6. The van der Waals surface area contributed by atoms with Crippen molar-refractivity contribution < 1.29 is 5.11 Å². The van der Waals surface area contributed by atoms with Crippen LogP contribution in [0.3, 0.4) is 0 Å². The van der Waals surface area contributed by atoms with E-state index in [0.717, 1.165) is 61.9 Å². The largest absolute Gasteiger partial charge is 0.508 e. The molecule has 0 fully saturated rings. The SMILES string of the molecule is CCNC(=NCCCn1c(C)nc2ccccc21)NCCc1cccc(O)c1.I.